The minimum absolute atomic E-state index is 0.0186. The number of aryl methyl sites for hydroxylation is 1. The highest BCUT2D eigenvalue weighted by molar-refractivity contribution is 7.92. The molecule has 154 valence electrons. The molecular formula is C22H18ClFN2O3S. The Morgan fingerprint density at radius 2 is 1.80 bits per heavy atom. The summed E-state index contributed by atoms with van der Waals surface area (Å²) in [6.07, 6.45) is 1.40. The van der Waals surface area contributed by atoms with E-state index >= 15 is 0 Å². The van der Waals surface area contributed by atoms with Crippen molar-refractivity contribution in [3.63, 3.8) is 0 Å². The zero-order valence-corrected chi connectivity index (χ0v) is 17.4. The molecule has 0 aromatic heterocycles. The third-order valence-corrected chi connectivity index (χ3v) is 6.97. The van der Waals surface area contributed by atoms with Crippen LogP contribution in [0.4, 0.5) is 15.8 Å². The van der Waals surface area contributed by atoms with Gasteiger partial charge in [-0.15, -0.1) is 0 Å². The van der Waals surface area contributed by atoms with Crippen molar-refractivity contribution in [3.05, 3.63) is 88.7 Å². The first-order valence-corrected chi connectivity index (χ1v) is 11.1. The second kappa shape index (κ2) is 8.08. The molecule has 3 aromatic rings. The average Bonchev–Trinajstić information content (AvgIpc) is 2.73. The monoisotopic (exact) mass is 444 g/mol. The second-order valence-corrected chi connectivity index (χ2v) is 9.24. The summed E-state index contributed by atoms with van der Waals surface area (Å²) in [5.74, 6) is -0.847. The number of benzene rings is 3. The topological polar surface area (TPSA) is 66.5 Å². The van der Waals surface area contributed by atoms with E-state index in [1.165, 1.54) is 16.4 Å². The zero-order valence-electron chi connectivity index (χ0n) is 15.8. The van der Waals surface area contributed by atoms with Crippen LogP contribution in [-0.2, 0) is 16.4 Å². The predicted molar refractivity (Wildman–Crippen MR) is 115 cm³/mol. The summed E-state index contributed by atoms with van der Waals surface area (Å²) < 4.78 is 40.9. The lowest BCUT2D eigenvalue weighted by Gasteiger charge is -2.31. The van der Waals surface area contributed by atoms with Crippen LogP contribution in [-0.4, -0.2) is 20.9 Å². The highest BCUT2D eigenvalue weighted by Crippen LogP contribution is 2.34. The van der Waals surface area contributed by atoms with E-state index in [2.05, 4.69) is 5.32 Å². The number of nitrogens with zero attached hydrogens (tertiary/aromatic N) is 1. The van der Waals surface area contributed by atoms with Crippen molar-refractivity contribution in [3.8, 4) is 0 Å². The largest absolute Gasteiger partial charge is 0.322 e. The maximum atomic E-state index is 13.2. The number of carbonyl (C=O) groups excluding carboxylic acids is 1. The Hall–Kier alpha value is -2.90. The van der Waals surface area contributed by atoms with Crippen LogP contribution in [0.15, 0.2) is 71.6 Å². The molecule has 1 aliphatic heterocycles. The number of nitrogens with one attached hydrogen (secondary N) is 1. The van der Waals surface area contributed by atoms with E-state index in [0.717, 1.165) is 24.1 Å². The Labute approximate surface area is 179 Å². The fraction of sp³-hybridized carbons (Fsp3) is 0.136. The molecule has 0 unspecified atom stereocenters. The minimum Gasteiger partial charge on any atom is -0.322 e. The number of hydrogen-bond acceptors (Lipinski definition) is 3. The summed E-state index contributed by atoms with van der Waals surface area (Å²) in [6.45, 7) is 0.304. The molecular weight excluding hydrogens is 427 g/mol. The van der Waals surface area contributed by atoms with Gasteiger partial charge >= 0.3 is 0 Å². The Kier molecular flexibility index (Phi) is 5.49. The highest BCUT2D eigenvalue weighted by Gasteiger charge is 2.29. The molecule has 4 rings (SSSR count). The Balaban J connectivity index is 1.66. The van der Waals surface area contributed by atoms with Gasteiger partial charge in [-0.05, 0) is 73.0 Å². The number of rotatable bonds is 4. The van der Waals surface area contributed by atoms with Gasteiger partial charge in [0.25, 0.3) is 15.9 Å². The Morgan fingerprint density at radius 3 is 2.53 bits per heavy atom. The highest BCUT2D eigenvalue weighted by atomic mass is 35.5. The molecule has 1 N–H and O–H groups in total. The fourth-order valence-electron chi connectivity index (χ4n) is 3.44. The summed E-state index contributed by atoms with van der Waals surface area (Å²) in [7, 11) is -3.86. The van der Waals surface area contributed by atoms with Gasteiger partial charge in [0.05, 0.1) is 10.6 Å². The molecule has 1 amide bonds. The van der Waals surface area contributed by atoms with Crippen molar-refractivity contribution in [1.82, 2.24) is 0 Å². The molecule has 3 aromatic carbocycles. The molecule has 0 saturated heterocycles. The van der Waals surface area contributed by atoms with Crippen LogP contribution < -0.4 is 9.62 Å². The van der Waals surface area contributed by atoms with E-state index in [0.29, 0.717) is 34.9 Å². The van der Waals surface area contributed by atoms with Crippen molar-refractivity contribution >= 4 is 38.9 Å². The van der Waals surface area contributed by atoms with E-state index in [4.69, 9.17) is 11.6 Å². The van der Waals surface area contributed by atoms with Crippen molar-refractivity contribution in [2.75, 3.05) is 16.2 Å². The summed E-state index contributed by atoms with van der Waals surface area (Å²) in [6, 6.07) is 16.5. The van der Waals surface area contributed by atoms with Crippen LogP contribution in [0.5, 0.6) is 0 Å². The molecule has 0 radical (unpaired) electrons. The molecule has 0 atom stereocenters. The first-order chi connectivity index (χ1) is 14.3. The van der Waals surface area contributed by atoms with Crippen LogP contribution in [0.25, 0.3) is 0 Å². The van der Waals surface area contributed by atoms with Crippen molar-refractivity contribution < 1.29 is 17.6 Å². The molecule has 1 aliphatic rings. The minimum atomic E-state index is -3.86. The number of fused-ring (bicyclic) bond motifs is 1. The van der Waals surface area contributed by atoms with E-state index in [1.54, 1.807) is 36.4 Å². The lowest BCUT2D eigenvalue weighted by Crippen LogP contribution is -2.35. The number of sulfonamides is 1. The van der Waals surface area contributed by atoms with Crippen molar-refractivity contribution in [2.24, 2.45) is 0 Å². The molecule has 0 bridgehead atoms. The maximum absolute atomic E-state index is 13.2. The average molecular weight is 445 g/mol. The third kappa shape index (κ3) is 4.04. The molecule has 1 heterocycles. The maximum Gasteiger partial charge on any atom is 0.264 e. The summed E-state index contributed by atoms with van der Waals surface area (Å²) in [5.41, 5.74) is 2.25. The van der Waals surface area contributed by atoms with Crippen LogP contribution >= 0.6 is 11.6 Å². The van der Waals surface area contributed by atoms with Gasteiger partial charge in [0.2, 0.25) is 0 Å². The Morgan fingerprint density at radius 1 is 1.03 bits per heavy atom. The molecule has 5 nitrogen and oxygen atoms in total. The number of hydrogen-bond donors (Lipinski definition) is 1. The van der Waals surface area contributed by atoms with Crippen molar-refractivity contribution in [2.45, 2.75) is 17.7 Å². The summed E-state index contributed by atoms with van der Waals surface area (Å²) >= 11 is 5.95. The lowest BCUT2D eigenvalue weighted by atomic mass is 10.0. The standard InChI is InChI=1S/C22H18ClFN2O3S/c23-17-5-1-3-16(13-17)22(27)25-19-9-6-15-4-2-12-26(21(15)14-19)30(28,29)20-10-7-18(24)8-11-20/h1,3,5-11,13-14H,2,4,12H2,(H,25,27). The zero-order chi connectivity index (χ0) is 21.3. The summed E-state index contributed by atoms with van der Waals surface area (Å²) in [4.78, 5) is 12.5. The summed E-state index contributed by atoms with van der Waals surface area (Å²) in [5, 5.41) is 3.23. The number of amides is 1. The molecule has 0 aliphatic carbocycles. The smallest absolute Gasteiger partial charge is 0.264 e. The molecule has 0 saturated carbocycles. The van der Waals surface area contributed by atoms with Crippen LogP contribution in [0.3, 0.4) is 0 Å². The van der Waals surface area contributed by atoms with Crippen LogP contribution in [0.1, 0.15) is 22.3 Å². The quantitative estimate of drug-likeness (QED) is 0.624. The fourth-order valence-corrected chi connectivity index (χ4v) is 5.16. The third-order valence-electron chi connectivity index (χ3n) is 4.91. The SMILES string of the molecule is O=C(Nc1ccc2c(c1)N(S(=O)(=O)c1ccc(F)cc1)CCC2)c1cccc(Cl)c1. The van der Waals surface area contributed by atoms with Crippen LogP contribution in [0.2, 0.25) is 5.02 Å². The molecule has 8 heteroatoms. The molecule has 0 fully saturated rings. The van der Waals surface area contributed by atoms with Gasteiger partial charge in [-0.25, -0.2) is 12.8 Å². The van der Waals surface area contributed by atoms with Gasteiger partial charge in [-0.3, -0.25) is 9.10 Å². The van der Waals surface area contributed by atoms with Gasteiger partial charge in [-0.2, -0.15) is 0 Å². The van der Waals surface area contributed by atoms with Crippen molar-refractivity contribution in [1.29, 1.82) is 0 Å². The first kappa shape index (κ1) is 20.4. The van der Waals surface area contributed by atoms with Gasteiger partial charge in [0.1, 0.15) is 5.82 Å². The van der Waals surface area contributed by atoms with Gasteiger partial charge in [0.15, 0.2) is 0 Å². The predicted octanol–water partition coefficient (Wildman–Crippen LogP) is 4.87. The Bertz CT molecular complexity index is 1210. The van der Waals surface area contributed by atoms with E-state index in [9.17, 15) is 17.6 Å². The van der Waals surface area contributed by atoms with Gasteiger partial charge in [-0.1, -0.05) is 23.7 Å². The number of carbonyl (C=O) groups is 1. The van der Waals surface area contributed by atoms with Crippen LogP contribution in [0, 0.1) is 5.82 Å². The van der Waals surface area contributed by atoms with Gasteiger partial charge in [0, 0.05) is 22.8 Å². The number of anilines is 2. The molecule has 0 spiro atoms. The molecule has 30 heavy (non-hydrogen) atoms. The number of halogens is 2. The normalized spacial score (nSPS) is 13.6. The van der Waals surface area contributed by atoms with E-state index < -0.39 is 15.8 Å². The second-order valence-electron chi connectivity index (χ2n) is 6.94. The lowest BCUT2D eigenvalue weighted by molar-refractivity contribution is 0.102. The van der Waals surface area contributed by atoms with E-state index in [-0.39, 0.29) is 10.8 Å². The van der Waals surface area contributed by atoms with Gasteiger partial charge < -0.3 is 5.32 Å². The van der Waals surface area contributed by atoms with E-state index in [1.807, 2.05) is 6.07 Å². The first-order valence-electron chi connectivity index (χ1n) is 9.33.